The Morgan fingerprint density at radius 1 is 1.50 bits per heavy atom. The van der Waals surface area contributed by atoms with Crippen molar-refractivity contribution >= 4 is 5.91 Å². The van der Waals surface area contributed by atoms with Crippen molar-refractivity contribution in [3.63, 3.8) is 0 Å². The summed E-state index contributed by atoms with van der Waals surface area (Å²) in [7, 11) is 1.77. The number of amides is 1. The van der Waals surface area contributed by atoms with Crippen LogP contribution in [0.3, 0.4) is 0 Å². The van der Waals surface area contributed by atoms with Crippen LogP contribution in [0.2, 0.25) is 0 Å². The lowest BCUT2D eigenvalue weighted by Gasteiger charge is -2.56. The fourth-order valence-electron chi connectivity index (χ4n) is 3.44. The molecule has 0 aromatic carbocycles. The molecule has 0 spiro atoms. The molecule has 3 unspecified atom stereocenters. The molecule has 1 heterocycles. The predicted molar refractivity (Wildman–Crippen MR) is 71.4 cm³/mol. The van der Waals surface area contributed by atoms with E-state index >= 15 is 0 Å². The average molecular weight is 254 g/mol. The van der Waals surface area contributed by atoms with Crippen LogP contribution in [0.5, 0.6) is 0 Å². The van der Waals surface area contributed by atoms with Gasteiger partial charge in [0.05, 0.1) is 12.1 Å². The van der Waals surface area contributed by atoms with Gasteiger partial charge >= 0.3 is 0 Å². The molecule has 0 radical (unpaired) electrons. The Hall–Kier alpha value is -0.610. The summed E-state index contributed by atoms with van der Waals surface area (Å²) in [5.74, 6) is 0.288. The number of piperidine rings is 1. The van der Waals surface area contributed by atoms with E-state index < -0.39 is 0 Å². The fourth-order valence-corrected chi connectivity index (χ4v) is 3.44. The van der Waals surface area contributed by atoms with E-state index in [9.17, 15) is 4.79 Å². The maximum Gasteiger partial charge on any atom is 0.239 e. The largest absolute Gasteiger partial charge is 0.381 e. The lowest BCUT2D eigenvalue weighted by atomic mass is 9.63. The summed E-state index contributed by atoms with van der Waals surface area (Å²) in [5, 5.41) is 3.30. The highest BCUT2D eigenvalue weighted by molar-refractivity contribution is 5.83. The van der Waals surface area contributed by atoms with Crippen molar-refractivity contribution in [2.24, 2.45) is 5.41 Å². The number of hydrogen-bond donors (Lipinski definition) is 1. The molecule has 4 nitrogen and oxygen atoms in total. The van der Waals surface area contributed by atoms with Gasteiger partial charge in [-0.15, -0.1) is 0 Å². The third-order valence-corrected chi connectivity index (χ3v) is 4.71. The Morgan fingerprint density at radius 3 is 2.78 bits per heavy atom. The number of likely N-dealkylation sites (N-methyl/N-ethyl adjacent to an activating group) is 1. The van der Waals surface area contributed by atoms with Gasteiger partial charge < -0.3 is 15.0 Å². The van der Waals surface area contributed by atoms with E-state index in [0.717, 1.165) is 32.4 Å². The number of hydrogen-bond acceptors (Lipinski definition) is 3. The molecule has 3 atom stereocenters. The minimum absolute atomic E-state index is 0.0288. The van der Waals surface area contributed by atoms with Crippen LogP contribution in [0.4, 0.5) is 0 Å². The van der Waals surface area contributed by atoms with Gasteiger partial charge in [-0.2, -0.15) is 0 Å². The maximum absolute atomic E-state index is 12.5. The lowest BCUT2D eigenvalue weighted by Crippen LogP contribution is -2.66. The van der Waals surface area contributed by atoms with Crippen LogP contribution in [0.15, 0.2) is 0 Å². The van der Waals surface area contributed by atoms with Crippen molar-refractivity contribution < 1.29 is 9.53 Å². The third kappa shape index (κ3) is 2.16. The van der Waals surface area contributed by atoms with E-state index in [1.807, 2.05) is 0 Å². The highest BCUT2D eigenvalue weighted by Crippen LogP contribution is 2.46. The van der Waals surface area contributed by atoms with Crippen LogP contribution in [-0.2, 0) is 9.53 Å². The molecule has 1 saturated heterocycles. The Morgan fingerprint density at radius 2 is 2.22 bits per heavy atom. The molecular formula is C14H26N2O2. The Bertz CT molecular complexity index is 315. The van der Waals surface area contributed by atoms with Crippen molar-refractivity contribution in [1.29, 1.82) is 0 Å². The first-order chi connectivity index (χ1) is 8.52. The van der Waals surface area contributed by atoms with Crippen molar-refractivity contribution in [2.45, 2.75) is 58.2 Å². The zero-order valence-electron chi connectivity index (χ0n) is 12.0. The second kappa shape index (κ2) is 5.17. The zero-order valence-corrected chi connectivity index (χ0v) is 12.0. The molecule has 1 aliphatic carbocycles. The molecule has 18 heavy (non-hydrogen) atoms. The average Bonchev–Trinajstić information content (AvgIpc) is 2.33. The Labute approximate surface area is 110 Å². The first-order valence-electron chi connectivity index (χ1n) is 7.09. The molecule has 2 rings (SSSR count). The number of nitrogens with one attached hydrogen (secondary N) is 1. The van der Waals surface area contributed by atoms with Crippen LogP contribution < -0.4 is 5.32 Å². The highest BCUT2D eigenvalue weighted by Gasteiger charge is 2.53. The number of ether oxygens (including phenoxy) is 1. The van der Waals surface area contributed by atoms with Crippen molar-refractivity contribution in [1.82, 2.24) is 10.2 Å². The van der Waals surface area contributed by atoms with Crippen LogP contribution in [0, 0.1) is 5.41 Å². The van der Waals surface area contributed by atoms with E-state index in [1.165, 1.54) is 0 Å². The van der Waals surface area contributed by atoms with Gasteiger partial charge in [-0.05, 0) is 25.8 Å². The van der Waals surface area contributed by atoms with Gasteiger partial charge in [0.15, 0.2) is 0 Å². The third-order valence-electron chi connectivity index (χ3n) is 4.71. The van der Waals surface area contributed by atoms with Gasteiger partial charge in [-0.3, -0.25) is 4.79 Å². The maximum atomic E-state index is 12.5. The second-order valence-corrected chi connectivity index (χ2v) is 6.08. The van der Waals surface area contributed by atoms with Gasteiger partial charge in [0.1, 0.15) is 0 Å². The zero-order chi connectivity index (χ0) is 13.3. The monoisotopic (exact) mass is 254 g/mol. The smallest absolute Gasteiger partial charge is 0.239 e. The van der Waals surface area contributed by atoms with E-state index in [1.54, 1.807) is 7.11 Å². The number of carbonyl (C=O) groups is 1. The summed E-state index contributed by atoms with van der Waals surface area (Å²) in [5.41, 5.74) is 0.0819. The van der Waals surface area contributed by atoms with Gasteiger partial charge in [-0.1, -0.05) is 20.8 Å². The molecule has 1 amide bonds. The first kappa shape index (κ1) is 13.8. The summed E-state index contributed by atoms with van der Waals surface area (Å²) in [6.07, 6.45) is 3.35. The molecule has 0 aromatic rings. The van der Waals surface area contributed by atoms with Crippen LogP contribution in [0.1, 0.15) is 40.0 Å². The molecule has 2 fully saturated rings. The Kier molecular flexibility index (Phi) is 3.97. The van der Waals surface area contributed by atoms with Gasteiger partial charge in [-0.25, -0.2) is 0 Å². The number of likely N-dealkylation sites (tertiary alicyclic amines) is 1. The summed E-state index contributed by atoms with van der Waals surface area (Å²) in [6.45, 7) is 8.24. The van der Waals surface area contributed by atoms with Crippen molar-refractivity contribution in [3.8, 4) is 0 Å². The number of carbonyl (C=O) groups excluding carboxylic acids is 1. The van der Waals surface area contributed by atoms with E-state index in [2.05, 4.69) is 31.0 Å². The van der Waals surface area contributed by atoms with Crippen LogP contribution >= 0.6 is 0 Å². The Balaban J connectivity index is 2.03. The van der Waals surface area contributed by atoms with E-state index in [4.69, 9.17) is 4.74 Å². The molecular weight excluding hydrogens is 228 g/mol. The molecule has 0 aromatic heterocycles. The van der Waals surface area contributed by atoms with E-state index in [0.29, 0.717) is 6.04 Å². The van der Waals surface area contributed by atoms with Crippen LogP contribution in [0.25, 0.3) is 0 Å². The summed E-state index contributed by atoms with van der Waals surface area (Å²) in [6, 6.07) is 0.373. The number of methoxy groups -OCH3 is 1. The minimum Gasteiger partial charge on any atom is -0.381 e. The quantitative estimate of drug-likeness (QED) is 0.824. The SMILES string of the molecule is CCNC1CCCN(C2CC(OC)C2(C)C)C1=O. The van der Waals surface area contributed by atoms with Crippen molar-refractivity contribution in [3.05, 3.63) is 0 Å². The van der Waals surface area contributed by atoms with Gasteiger partial charge in [0.2, 0.25) is 5.91 Å². The number of rotatable bonds is 4. The van der Waals surface area contributed by atoms with Crippen molar-refractivity contribution in [2.75, 3.05) is 20.2 Å². The first-order valence-corrected chi connectivity index (χ1v) is 7.09. The molecule has 2 aliphatic rings. The highest BCUT2D eigenvalue weighted by atomic mass is 16.5. The number of nitrogens with zero attached hydrogens (tertiary/aromatic N) is 1. The molecule has 0 bridgehead atoms. The molecule has 4 heteroatoms. The summed E-state index contributed by atoms with van der Waals surface area (Å²) < 4.78 is 5.48. The summed E-state index contributed by atoms with van der Waals surface area (Å²) in [4.78, 5) is 14.5. The predicted octanol–water partition coefficient (Wildman–Crippen LogP) is 1.40. The van der Waals surface area contributed by atoms with Gasteiger partial charge in [0, 0.05) is 25.1 Å². The van der Waals surface area contributed by atoms with Crippen LogP contribution in [-0.4, -0.2) is 49.2 Å². The standard InChI is InChI=1S/C14H26N2O2/c1-5-15-10-7-6-8-16(13(10)17)11-9-12(18-4)14(11,2)3/h10-12,15H,5-9H2,1-4H3. The van der Waals surface area contributed by atoms with Gasteiger partial charge in [0.25, 0.3) is 0 Å². The topological polar surface area (TPSA) is 41.6 Å². The lowest BCUT2D eigenvalue weighted by molar-refractivity contribution is -0.167. The normalized spacial score (nSPS) is 35.4. The molecule has 1 aliphatic heterocycles. The molecule has 104 valence electrons. The second-order valence-electron chi connectivity index (χ2n) is 6.08. The fraction of sp³-hybridized carbons (Fsp3) is 0.929. The summed E-state index contributed by atoms with van der Waals surface area (Å²) >= 11 is 0. The van der Waals surface area contributed by atoms with E-state index in [-0.39, 0.29) is 23.5 Å². The molecule has 1 N–H and O–H groups in total. The molecule has 1 saturated carbocycles. The minimum atomic E-state index is 0.0288.